The lowest BCUT2D eigenvalue weighted by Gasteiger charge is -2.05. The van der Waals surface area contributed by atoms with Crippen LogP contribution in [-0.4, -0.2) is 23.3 Å². The van der Waals surface area contributed by atoms with Crippen LogP contribution in [0.15, 0.2) is 72.9 Å². The van der Waals surface area contributed by atoms with Crippen molar-refractivity contribution in [2.75, 3.05) is 12.4 Å². The molecule has 0 spiro atoms. The van der Waals surface area contributed by atoms with Crippen LogP contribution in [0.1, 0.15) is 21.7 Å². The van der Waals surface area contributed by atoms with Gasteiger partial charge in [-0.25, -0.2) is 4.98 Å². The van der Waals surface area contributed by atoms with Crippen molar-refractivity contribution in [1.82, 2.24) is 15.4 Å². The van der Waals surface area contributed by atoms with Gasteiger partial charge < -0.3 is 10.3 Å². The van der Waals surface area contributed by atoms with Gasteiger partial charge in [-0.1, -0.05) is 60.7 Å². The number of nitrogens with one attached hydrogen (secondary N) is 3. The molecule has 1 heterocycles. The first kappa shape index (κ1) is 21.2. The number of rotatable bonds is 4. The smallest absolute Gasteiger partial charge is 0.150 e. The van der Waals surface area contributed by atoms with Gasteiger partial charge in [-0.15, -0.1) is 0 Å². The first-order valence-electron chi connectivity index (χ1n) is 10.3. The van der Waals surface area contributed by atoms with Crippen LogP contribution in [0.5, 0.6) is 0 Å². The van der Waals surface area contributed by atoms with Crippen LogP contribution in [0.25, 0.3) is 38.7 Å². The van der Waals surface area contributed by atoms with E-state index in [1.807, 2.05) is 43.5 Å². The summed E-state index contributed by atoms with van der Waals surface area (Å²) in [6, 6.07) is 22.3. The number of carbonyl (C=O) groups excluding carboxylic acids is 1. The summed E-state index contributed by atoms with van der Waals surface area (Å²) >= 11 is 0. The molecule has 1 aromatic heterocycles. The molecule has 6 nitrogen and oxygen atoms in total. The number of aromatic nitrogens is 2. The van der Waals surface area contributed by atoms with Crippen LogP contribution in [-0.2, 0) is 0 Å². The molecule has 0 aliphatic heterocycles. The Balaban J connectivity index is 0.000000775. The van der Waals surface area contributed by atoms with Crippen LogP contribution in [0.2, 0.25) is 0 Å². The number of H-pyrrole nitrogens is 1. The number of fused-ring (bicyclic) bond motifs is 6. The standard InChI is InChI=1S/C25H19N3O.CH6N2/c1-16-10-11-17(15-29)14-22(16)26-13-12-23-27-24-20-8-4-2-6-18(20)19-7-3-5-9-21(19)25(24)28-23;1-3-2/h2-15,26H,1H3,(H,27,28);3H,2H2,1H3. The van der Waals surface area contributed by atoms with Crippen molar-refractivity contribution in [3.63, 3.8) is 0 Å². The monoisotopic (exact) mass is 423 g/mol. The summed E-state index contributed by atoms with van der Waals surface area (Å²) in [6.45, 7) is 2.00. The van der Waals surface area contributed by atoms with Gasteiger partial charge in [0, 0.05) is 28.2 Å². The molecule has 0 atom stereocenters. The van der Waals surface area contributed by atoms with E-state index in [9.17, 15) is 4.79 Å². The Bertz CT molecular complexity index is 1360. The average Bonchev–Trinajstić information content (AvgIpc) is 3.26. The summed E-state index contributed by atoms with van der Waals surface area (Å²) in [5.41, 5.74) is 6.88. The second-order valence-corrected chi connectivity index (χ2v) is 7.40. The summed E-state index contributed by atoms with van der Waals surface area (Å²) in [6.07, 6.45) is 4.61. The maximum atomic E-state index is 11.0. The summed E-state index contributed by atoms with van der Waals surface area (Å²) in [5.74, 6) is 5.37. The van der Waals surface area contributed by atoms with E-state index >= 15 is 0 Å². The van der Waals surface area contributed by atoms with Crippen molar-refractivity contribution in [2.45, 2.75) is 6.92 Å². The molecule has 4 aromatic carbocycles. The van der Waals surface area contributed by atoms with Crippen LogP contribution in [0, 0.1) is 6.92 Å². The molecule has 0 bridgehead atoms. The van der Waals surface area contributed by atoms with E-state index in [1.165, 1.54) is 10.8 Å². The third kappa shape index (κ3) is 4.09. The van der Waals surface area contributed by atoms with E-state index in [2.05, 4.69) is 64.0 Å². The quantitative estimate of drug-likeness (QED) is 0.139. The van der Waals surface area contributed by atoms with Crippen molar-refractivity contribution in [3.8, 4) is 0 Å². The van der Waals surface area contributed by atoms with Gasteiger partial charge in [0.1, 0.15) is 12.1 Å². The fourth-order valence-electron chi connectivity index (χ4n) is 3.80. The Labute approximate surface area is 186 Å². The Morgan fingerprint density at radius 3 is 2.25 bits per heavy atom. The zero-order valence-corrected chi connectivity index (χ0v) is 18.0. The summed E-state index contributed by atoms with van der Waals surface area (Å²) in [5, 5.41) is 7.98. The number of carbonyl (C=O) groups is 1. The lowest BCUT2D eigenvalue weighted by Crippen LogP contribution is -2.13. The number of nitrogens with two attached hydrogens (primary N) is 1. The molecule has 32 heavy (non-hydrogen) atoms. The lowest BCUT2D eigenvalue weighted by atomic mass is 10.0. The molecule has 0 radical (unpaired) electrons. The normalized spacial score (nSPS) is 11.1. The molecule has 5 aromatic rings. The maximum absolute atomic E-state index is 11.0. The van der Waals surface area contributed by atoms with Gasteiger partial charge in [-0.2, -0.15) is 0 Å². The van der Waals surface area contributed by atoms with Crippen molar-refractivity contribution in [2.24, 2.45) is 5.84 Å². The molecule has 0 unspecified atom stereocenters. The van der Waals surface area contributed by atoms with E-state index < -0.39 is 0 Å². The highest BCUT2D eigenvalue weighted by molar-refractivity contribution is 6.23. The second kappa shape index (κ2) is 9.43. The Hall–Kier alpha value is -4.00. The van der Waals surface area contributed by atoms with E-state index in [-0.39, 0.29) is 0 Å². The number of hydrogen-bond acceptors (Lipinski definition) is 5. The number of imidazole rings is 1. The van der Waals surface area contributed by atoms with Gasteiger partial charge in [-0.05, 0) is 42.4 Å². The average molecular weight is 424 g/mol. The number of nitrogens with zero attached hydrogens (tertiary/aromatic N) is 1. The first-order chi connectivity index (χ1) is 15.7. The van der Waals surface area contributed by atoms with Gasteiger partial charge in [0.05, 0.1) is 11.0 Å². The fraction of sp³-hybridized carbons (Fsp3) is 0.0769. The van der Waals surface area contributed by atoms with Crippen molar-refractivity contribution in [3.05, 3.63) is 89.9 Å². The summed E-state index contributed by atoms with van der Waals surface area (Å²) < 4.78 is 0. The van der Waals surface area contributed by atoms with E-state index in [1.54, 1.807) is 7.05 Å². The predicted molar refractivity (Wildman–Crippen MR) is 134 cm³/mol. The molecule has 0 fully saturated rings. The lowest BCUT2D eigenvalue weighted by molar-refractivity contribution is 0.112. The highest BCUT2D eigenvalue weighted by atomic mass is 16.1. The van der Waals surface area contributed by atoms with E-state index in [0.29, 0.717) is 5.56 Å². The zero-order valence-electron chi connectivity index (χ0n) is 18.0. The summed E-state index contributed by atoms with van der Waals surface area (Å²) in [7, 11) is 1.65. The highest BCUT2D eigenvalue weighted by Gasteiger charge is 2.11. The molecule has 0 amide bonds. The Morgan fingerprint density at radius 1 is 0.938 bits per heavy atom. The fourth-order valence-corrected chi connectivity index (χ4v) is 3.80. The largest absolute Gasteiger partial charge is 0.361 e. The number of aldehydes is 1. The topological polar surface area (TPSA) is 95.8 Å². The number of hydrazine groups is 1. The Kier molecular flexibility index (Phi) is 6.26. The van der Waals surface area contributed by atoms with Crippen molar-refractivity contribution >= 4 is 50.6 Å². The molecule has 5 N–H and O–H groups in total. The SMILES string of the molecule is CNN.Cc1ccc(C=O)cc1NC=Cc1nc2c3ccccc3c3ccccc3c2[nH]1. The zero-order chi connectivity index (χ0) is 22.5. The minimum atomic E-state index is 0.646. The minimum absolute atomic E-state index is 0.646. The molecular formula is C26H25N5O. The first-order valence-corrected chi connectivity index (χ1v) is 10.3. The van der Waals surface area contributed by atoms with Gasteiger partial charge in [0.2, 0.25) is 0 Å². The maximum Gasteiger partial charge on any atom is 0.150 e. The number of aryl methyl sites for hydroxylation is 1. The highest BCUT2D eigenvalue weighted by Crippen LogP contribution is 2.33. The predicted octanol–water partition coefficient (Wildman–Crippen LogP) is 5.15. The minimum Gasteiger partial charge on any atom is -0.361 e. The Morgan fingerprint density at radius 2 is 1.56 bits per heavy atom. The molecule has 0 saturated carbocycles. The molecule has 5 rings (SSSR count). The van der Waals surface area contributed by atoms with E-state index in [4.69, 9.17) is 4.98 Å². The van der Waals surface area contributed by atoms with Crippen LogP contribution in [0.3, 0.4) is 0 Å². The molecule has 0 aliphatic carbocycles. The molecular weight excluding hydrogens is 398 g/mol. The molecule has 6 heteroatoms. The van der Waals surface area contributed by atoms with E-state index in [0.717, 1.165) is 45.2 Å². The molecule has 160 valence electrons. The summed E-state index contributed by atoms with van der Waals surface area (Å²) in [4.78, 5) is 19.3. The number of anilines is 1. The third-order valence-corrected chi connectivity index (χ3v) is 5.27. The number of aromatic amines is 1. The number of benzene rings is 4. The molecule has 0 aliphatic rings. The third-order valence-electron chi connectivity index (χ3n) is 5.27. The van der Waals surface area contributed by atoms with Crippen LogP contribution < -0.4 is 16.6 Å². The van der Waals surface area contributed by atoms with Crippen molar-refractivity contribution in [1.29, 1.82) is 0 Å². The van der Waals surface area contributed by atoms with Crippen molar-refractivity contribution < 1.29 is 4.79 Å². The molecule has 0 saturated heterocycles. The number of hydrogen-bond donors (Lipinski definition) is 4. The van der Waals surface area contributed by atoms with Gasteiger partial charge in [0.25, 0.3) is 0 Å². The van der Waals surface area contributed by atoms with Gasteiger partial charge in [0.15, 0.2) is 0 Å². The second-order valence-electron chi connectivity index (χ2n) is 7.40. The van der Waals surface area contributed by atoms with Gasteiger partial charge in [-0.3, -0.25) is 16.1 Å². The van der Waals surface area contributed by atoms with Gasteiger partial charge >= 0.3 is 0 Å². The van der Waals surface area contributed by atoms with Crippen LogP contribution >= 0.6 is 0 Å². The van der Waals surface area contributed by atoms with Crippen LogP contribution in [0.4, 0.5) is 5.69 Å².